The maximum Gasteiger partial charge on any atom is 0.306 e. The average Bonchev–Trinajstić information content (AvgIpc) is 2.78. The maximum absolute atomic E-state index is 11.5. The fourth-order valence-electron chi connectivity index (χ4n) is 4.57. The lowest BCUT2D eigenvalue weighted by atomic mass is 9.97. The van der Waals surface area contributed by atoms with Crippen LogP contribution in [0.2, 0.25) is 5.04 Å². The lowest BCUT2D eigenvalue weighted by Gasteiger charge is -2.43. The molecule has 0 fully saturated rings. The lowest BCUT2D eigenvalue weighted by molar-refractivity contribution is -0.143. The molecule has 0 bridgehead atoms. The van der Waals surface area contributed by atoms with E-state index in [0.29, 0.717) is 24.9 Å². The van der Waals surface area contributed by atoms with Gasteiger partial charge in [0.25, 0.3) is 8.32 Å². The van der Waals surface area contributed by atoms with E-state index in [-0.39, 0.29) is 11.0 Å². The van der Waals surface area contributed by atoms with E-state index in [1.807, 2.05) is 6.92 Å². The summed E-state index contributed by atoms with van der Waals surface area (Å²) in [5.41, 5.74) is 0. The molecule has 0 aromatic heterocycles. The first-order chi connectivity index (χ1) is 15.7. The Hall–Kier alpha value is -2.17. The van der Waals surface area contributed by atoms with E-state index >= 15 is 0 Å². The van der Waals surface area contributed by atoms with Gasteiger partial charge in [-0.15, -0.1) is 0 Å². The number of benzene rings is 2. The Morgan fingerprint density at radius 1 is 0.970 bits per heavy atom. The smallest absolute Gasteiger partial charge is 0.306 e. The topological polar surface area (TPSA) is 35.5 Å². The molecule has 0 saturated carbocycles. The van der Waals surface area contributed by atoms with Crippen molar-refractivity contribution in [1.82, 2.24) is 0 Å². The van der Waals surface area contributed by atoms with Crippen LogP contribution < -0.4 is 10.4 Å². The molecular weight excluding hydrogens is 424 g/mol. The Labute approximate surface area is 202 Å². The third-order valence-electron chi connectivity index (χ3n) is 6.06. The van der Waals surface area contributed by atoms with Crippen LogP contribution in [0, 0.1) is 11.8 Å². The van der Waals surface area contributed by atoms with E-state index < -0.39 is 8.32 Å². The van der Waals surface area contributed by atoms with Gasteiger partial charge in [0.15, 0.2) is 0 Å². The van der Waals surface area contributed by atoms with Crippen molar-refractivity contribution in [2.45, 2.75) is 65.8 Å². The van der Waals surface area contributed by atoms with Gasteiger partial charge in [-0.05, 0) is 47.0 Å². The molecule has 0 N–H and O–H groups in total. The van der Waals surface area contributed by atoms with Gasteiger partial charge in [-0.1, -0.05) is 107 Å². The molecule has 180 valence electrons. The van der Waals surface area contributed by atoms with Gasteiger partial charge in [0.1, 0.15) is 0 Å². The fraction of sp³-hybridized carbons (Fsp3) is 0.483. The Bertz CT molecular complexity index is 816. The highest BCUT2D eigenvalue weighted by Crippen LogP contribution is 2.37. The molecule has 2 atom stereocenters. The SMILES string of the molecule is CCOC(=O)CC/C=C/[C@H](C)C[C@H](C)CO[Si](c1ccccc1)(c1ccccc1)C(C)(C)C. The van der Waals surface area contributed by atoms with Crippen LogP contribution in [0.3, 0.4) is 0 Å². The van der Waals surface area contributed by atoms with Crippen LogP contribution in [0.1, 0.15) is 60.8 Å². The van der Waals surface area contributed by atoms with Crippen LogP contribution in [0.15, 0.2) is 72.8 Å². The molecule has 33 heavy (non-hydrogen) atoms. The van der Waals surface area contributed by atoms with E-state index in [2.05, 4.69) is 107 Å². The van der Waals surface area contributed by atoms with Crippen LogP contribution >= 0.6 is 0 Å². The van der Waals surface area contributed by atoms with E-state index in [0.717, 1.165) is 19.4 Å². The van der Waals surface area contributed by atoms with Gasteiger partial charge in [-0.2, -0.15) is 0 Å². The van der Waals surface area contributed by atoms with Crippen molar-refractivity contribution in [3.05, 3.63) is 72.8 Å². The van der Waals surface area contributed by atoms with Crippen LogP contribution in [0.5, 0.6) is 0 Å². The number of ether oxygens (including phenoxy) is 1. The molecular formula is C29H42O3Si. The molecule has 0 aliphatic carbocycles. The normalized spacial score (nSPS) is 14.2. The van der Waals surface area contributed by atoms with Crippen molar-refractivity contribution in [2.24, 2.45) is 11.8 Å². The van der Waals surface area contributed by atoms with Gasteiger partial charge in [0.2, 0.25) is 0 Å². The Kier molecular flexibility index (Phi) is 10.6. The highest BCUT2D eigenvalue weighted by molar-refractivity contribution is 6.99. The van der Waals surface area contributed by atoms with E-state index in [9.17, 15) is 4.79 Å². The predicted octanol–water partition coefficient (Wildman–Crippen LogP) is 6.12. The van der Waals surface area contributed by atoms with Crippen molar-refractivity contribution >= 4 is 24.7 Å². The summed E-state index contributed by atoms with van der Waals surface area (Å²) in [6, 6.07) is 21.6. The summed E-state index contributed by atoms with van der Waals surface area (Å²) in [5, 5.41) is 2.64. The summed E-state index contributed by atoms with van der Waals surface area (Å²) in [7, 11) is -2.48. The zero-order valence-corrected chi connectivity index (χ0v) is 22.3. The van der Waals surface area contributed by atoms with Crippen molar-refractivity contribution in [2.75, 3.05) is 13.2 Å². The number of allylic oxidation sites excluding steroid dienone is 2. The van der Waals surface area contributed by atoms with Gasteiger partial charge < -0.3 is 9.16 Å². The molecule has 0 amide bonds. The summed E-state index contributed by atoms with van der Waals surface area (Å²) in [6.45, 7) is 14.5. The minimum Gasteiger partial charge on any atom is -0.466 e. The zero-order chi connectivity index (χ0) is 24.3. The van der Waals surface area contributed by atoms with Gasteiger partial charge >= 0.3 is 5.97 Å². The Balaban J connectivity index is 2.11. The van der Waals surface area contributed by atoms with Crippen molar-refractivity contribution in [1.29, 1.82) is 0 Å². The summed E-state index contributed by atoms with van der Waals surface area (Å²) in [6.07, 6.45) is 6.56. The molecule has 2 aromatic carbocycles. The molecule has 4 heteroatoms. The summed E-state index contributed by atoms with van der Waals surface area (Å²) in [5.74, 6) is 0.739. The van der Waals surface area contributed by atoms with Gasteiger partial charge in [-0.3, -0.25) is 4.79 Å². The molecule has 0 saturated heterocycles. The average molecular weight is 467 g/mol. The Morgan fingerprint density at radius 2 is 1.52 bits per heavy atom. The van der Waals surface area contributed by atoms with E-state index in [4.69, 9.17) is 9.16 Å². The fourth-order valence-corrected chi connectivity index (χ4v) is 9.26. The Morgan fingerprint density at radius 3 is 2.00 bits per heavy atom. The second-order valence-corrected chi connectivity index (χ2v) is 14.4. The number of carbonyl (C=O) groups excluding carboxylic acids is 1. The van der Waals surface area contributed by atoms with Crippen molar-refractivity contribution < 1.29 is 14.0 Å². The second-order valence-electron chi connectivity index (χ2n) is 10.1. The summed E-state index contributed by atoms with van der Waals surface area (Å²) >= 11 is 0. The van der Waals surface area contributed by atoms with Crippen LogP contribution in [0.25, 0.3) is 0 Å². The molecule has 0 aliphatic rings. The molecule has 0 spiro atoms. The third-order valence-corrected chi connectivity index (χ3v) is 11.1. The quantitative estimate of drug-likeness (QED) is 0.215. The molecule has 2 aromatic rings. The first kappa shape index (κ1) is 27.1. The second kappa shape index (κ2) is 12.9. The highest BCUT2D eigenvalue weighted by atomic mass is 28.4. The van der Waals surface area contributed by atoms with Gasteiger partial charge in [-0.25, -0.2) is 0 Å². The maximum atomic E-state index is 11.5. The van der Waals surface area contributed by atoms with Crippen molar-refractivity contribution in [3.63, 3.8) is 0 Å². The molecule has 0 heterocycles. The number of hydrogen-bond donors (Lipinski definition) is 0. The molecule has 3 nitrogen and oxygen atoms in total. The molecule has 0 aliphatic heterocycles. The predicted molar refractivity (Wildman–Crippen MR) is 142 cm³/mol. The number of carbonyl (C=O) groups is 1. The summed E-state index contributed by atoms with van der Waals surface area (Å²) < 4.78 is 12.1. The standard InChI is InChI=1S/C29H42O3Si/c1-7-31-28(30)21-15-14-16-24(2)22-25(3)23-32-33(29(4,5)6,26-17-10-8-11-18-26)27-19-12-9-13-20-27/h8-14,16-20,24-25H,7,15,21-23H2,1-6H3/b16-14+/t24-,25-/m0/s1. The monoisotopic (exact) mass is 466 g/mol. The van der Waals surface area contributed by atoms with Gasteiger partial charge in [0, 0.05) is 13.0 Å². The van der Waals surface area contributed by atoms with Crippen molar-refractivity contribution in [3.8, 4) is 0 Å². The minimum atomic E-state index is -2.48. The van der Waals surface area contributed by atoms with Crippen LogP contribution in [-0.2, 0) is 14.0 Å². The van der Waals surface area contributed by atoms with E-state index in [1.54, 1.807) is 0 Å². The third kappa shape index (κ3) is 7.68. The zero-order valence-electron chi connectivity index (χ0n) is 21.3. The largest absolute Gasteiger partial charge is 0.466 e. The number of rotatable bonds is 12. The lowest BCUT2D eigenvalue weighted by Crippen LogP contribution is -2.66. The van der Waals surface area contributed by atoms with Crippen LogP contribution in [-0.4, -0.2) is 27.5 Å². The number of esters is 1. The molecule has 2 rings (SSSR count). The molecule has 0 unspecified atom stereocenters. The van der Waals surface area contributed by atoms with Gasteiger partial charge in [0.05, 0.1) is 6.61 Å². The highest BCUT2D eigenvalue weighted by Gasteiger charge is 2.50. The summed E-state index contributed by atoms with van der Waals surface area (Å²) in [4.78, 5) is 11.5. The van der Waals surface area contributed by atoms with E-state index in [1.165, 1.54) is 10.4 Å². The first-order valence-electron chi connectivity index (χ1n) is 12.3. The van der Waals surface area contributed by atoms with Crippen LogP contribution in [0.4, 0.5) is 0 Å². The number of hydrogen-bond acceptors (Lipinski definition) is 3. The molecule has 0 radical (unpaired) electrons. The minimum absolute atomic E-state index is 0.00591. The first-order valence-corrected chi connectivity index (χ1v) is 14.2.